The van der Waals surface area contributed by atoms with Gasteiger partial charge in [0.15, 0.2) is 0 Å². The molecule has 0 unspecified atom stereocenters. The third-order valence-electron chi connectivity index (χ3n) is 1.87. The summed E-state index contributed by atoms with van der Waals surface area (Å²) in [5, 5.41) is 8.36. The fourth-order valence-electron chi connectivity index (χ4n) is 1.14. The third-order valence-corrected chi connectivity index (χ3v) is 1.87. The van der Waals surface area contributed by atoms with Gasteiger partial charge in [-0.05, 0) is 6.07 Å². The molecule has 0 atom stereocenters. The molecule has 14 heavy (non-hydrogen) atoms. The fraction of sp³-hybridized carbons (Fsp3) is 0.300. The zero-order valence-corrected chi connectivity index (χ0v) is 8.01. The van der Waals surface area contributed by atoms with Crippen LogP contribution < -0.4 is 4.90 Å². The van der Waals surface area contributed by atoms with Crippen LogP contribution in [0.15, 0.2) is 12.1 Å². The zero-order chi connectivity index (χ0) is 10.7. The van der Waals surface area contributed by atoms with E-state index in [4.69, 9.17) is 5.26 Å². The van der Waals surface area contributed by atoms with Gasteiger partial charge >= 0.3 is 0 Å². The first-order valence-corrected chi connectivity index (χ1v) is 4.08. The molecule has 0 amide bonds. The van der Waals surface area contributed by atoms with Crippen molar-refractivity contribution in [3.8, 4) is 6.07 Å². The average molecular weight is 196 g/mol. The first kappa shape index (κ1) is 10.5. The summed E-state index contributed by atoms with van der Waals surface area (Å²) in [7, 11) is 3.25. The molecule has 1 aromatic carbocycles. The second-order valence-corrected chi connectivity index (χ2v) is 3.12. The van der Waals surface area contributed by atoms with Crippen molar-refractivity contribution < 1.29 is 8.78 Å². The van der Waals surface area contributed by atoms with Crippen LogP contribution in [0.4, 0.5) is 14.5 Å². The predicted octanol–water partition coefficient (Wildman–Crippen LogP) is 2.10. The number of benzene rings is 1. The molecule has 1 aromatic rings. The first-order chi connectivity index (χ1) is 6.56. The minimum absolute atomic E-state index is 0.0931. The summed E-state index contributed by atoms with van der Waals surface area (Å²) in [4.78, 5) is 1.48. The van der Waals surface area contributed by atoms with Gasteiger partial charge in [-0.1, -0.05) is 0 Å². The maximum atomic E-state index is 13.3. The van der Waals surface area contributed by atoms with Crippen LogP contribution in [-0.2, 0) is 6.42 Å². The van der Waals surface area contributed by atoms with Crippen LogP contribution in [0.25, 0.3) is 0 Å². The Hall–Kier alpha value is -1.63. The van der Waals surface area contributed by atoms with E-state index in [2.05, 4.69) is 0 Å². The molecule has 0 fully saturated rings. The lowest BCUT2D eigenvalue weighted by molar-refractivity contribution is 0.589. The summed E-state index contributed by atoms with van der Waals surface area (Å²) in [6, 6.07) is 3.94. The maximum Gasteiger partial charge on any atom is 0.146 e. The fourth-order valence-corrected chi connectivity index (χ4v) is 1.14. The van der Waals surface area contributed by atoms with Crippen molar-refractivity contribution in [2.45, 2.75) is 6.42 Å². The highest BCUT2D eigenvalue weighted by Crippen LogP contribution is 2.21. The second-order valence-electron chi connectivity index (χ2n) is 3.12. The third kappa shape index (κ3) is 1.99. The Morgan fingerprint density at radius 3 is 2.43 bits per heavy atom. The minimum atomic E-state index is -0.545. The molecule has 0 aliphatic carbocycles. The standard InChI is InChI=1S/C10H10F2N2/c1-14(2)10-6-8(11)7(3-4-13)5-9(10)12/h5-6H,3H2,1-2H3. The summed E-state index contributed by atoms with van der Waals surface area (Å²) < 4.78 is 26.5. The van der Waals surface area contributed by atoms with E-state index < -0.39 is 11.6 Å². The maximum absolute atomic E-state index is 13.3. The van der Waals surface area contributed by atoms with Gasteiger partial charge in [0.2, 0.25) is 0 Å². The van der Waals surface area contributed by atoms with Crippen LogP contribution >= 0.6 is 0 Å². The number of halogens is 2. The summed E-state index contributed by atoms with van der Waals surface area (Å²) in [6.45, 7) is 0. The van der Waals surface area contributed by atoms with Crippen LogP contribution in [0.1, 0.15) is 5.56 Å². The molecule has 0 saturated carbocycles. The smallest absolute Gasteiger partial charge is 0.146 e. The Labute approximate surface area is 81.4 Å². The lowest BCUT2D eigenvalue weighted by atomic mass is 10.1. The van der Waals surface area contributed by atoms with E-state index in [1.807, 2.05) is 0 Å². The monoisotopic (exact) mass is 196 g/mol. The molecule has 0 bridgehead atoms. The second kappa shape index (κ2) is 4.05. The van der Waals surface area contributed by atoms with Crippen molar-refractivity contribution in [3.63, 3.8) is 0 Å². The SMILES string of the molecule is CN(C)c1cc(F)c(CC#N)cc1F. The Balaban J connectivity index is 3.18. The molecule has 74 valence electrons. The minimum Gasteiger partial charge on any atom is -0.375 e. The van der Waals surface area contributed by atoms with E-state index >= 15 is 0 Å². The molecular formula is C10H10F2N2. The van der Waals surface area contributed by atoms with Crippen LogP contribution in [0.2, 0.25) is 0 Å². The van der Waals surface area contributed by atoms with Gasteiger partial charge in [0, 0.05) is 25.7 Å². The quantitative estimate of drug-likeness (QED) is 0.724. The van der Waals surface area contributed by atoms with E-state index in [0.29, 0.717) is 0 Å². The van der Waals surface area contributed by atoms with Crippen LogP contribution in [0.3, 0.4) is 0 Å². The summed E-state index contributed by atoms with van der Waals surface area (Å²) in [6.07, 6.45) is -0.115. The van der Waals surface area contributed by atoms with E-state index in [-0.39, 0.29) is 17.7 Å². The van der Waals surface area contributed by atoms with Crippen molar-refractivity contribution in [2.75, 3.05) is 19.0 Å². The van der Waals surface area contributed by atoms with E-state index in [0.717, 1.165) is 12.1 Å². The summed E-state index contributed by atoms with van der Waals surface area (Å²) in [5.74, 6) is -1.06. The van der Waals surface area contributed by atoms with Crippen LogP contribution in [0.5, 0.6) is 0 Å². The highest BCUT2D eigenvalue weighted by atomic mass is 19.1. The Kier molecular flexibility index (Phi) is 3.03. The van der Waals surface area contributed by atoms with Gasteiger partial charge in [-0.3, -0.25) is 0 Å². The molecule has 0 aromatic heterocycles. The van der Waals surface area contributed by atoms with Crippen molar-refractivity contribution in [2.24, 2.45) is 0 Å². The Bertz CT molecular complexity index is 380. The van der Waals surface area contributed by atoms with Gasteiger partial charge in [-0.15, -0.1) is 0 Å². The van der Waals surface area contributed by atoms with Gasteiger partial charge in [0.25, 0.3) is 0 Å². The van der Waals surface area contributed by atoms with Crippen molar-refractivity contribution >= 4 is 5.69 Å². The largest absolute Gasteiger partial charge is 0.375 e. The van der Waals surface area contributed by atoms with E-state index in [1.54, 1.807) is 20.2 Å². The number of rotatable bonds is 2. The molecule has 0 heterocycles. The van der Waals surface area contributed by atoms with E-state index in [9.17, 15) is 8.78 Å². The highest BCUT2D eigenvalue weighted by molar-refractivity contribution is 5.48. The highest BCUT2D eigenvalue weighted by Gasteiger charge is 2.10. The number of nitrogens with zero attached hydrogens (tertiary/aromatic N) is 2. The zero-order valence-electron chi connectivity index (χ0n) is 8.01. The van der Waals surface area contributed by atoms with Crippen molar-refractivity contribution in [1.82, 2.24) is 0 Å². The first-order valence-electron chi connectivity index (χ1n) is 4.08. The van der Waals surface area contributed by atoms with Crippen molar-refractivity contribution in [1.29, 1.82) is 5.26 Å². The normalized spacial score (nSPS) is 9.64. The van der Waals surface area contributed by atoms with Crippen LogP contribution in [0, 0.1) is 23.0 Å². The predicted molar refractivity (Wildman–Crippen MR) is 50.0 cm³/mol. The number of anilines is 1. The van der Waals surface area contributed by atoms with Crippen LogP contribution in [-0.4, -0.2) is 14.1 Å². The number of nitriles is 1. The number of hydrogen-bond donors (Lipinski definition) is 0. The molecule has 0 N–H and O–H groups in total. The summed E-state index contributed by atoms with van der Waals surface area (Å²) in [5.41, 5.74) is 0.278. The molecule has 2 nitrogen and oxygen atoms in total. The molecule has 4 heteroatoms. The molecule has 0 aliphatic heterocycles. The average Bonchev–Trinajstić information content (AvgIpc) is 2.10. The molecule has 0 aliphatic rings. The molecular weight excluding hydrogens is 186 g/mol. The number of hydrogen-bond acceptors (Lipinski definition) is 2. The summed E-state index contributed by atoms with van der Waals surface area (Å²) >= 11 is 0. The van der Waals surface area contributed by atoms with Gasteiger partial charge < -0.3 is 4.90 Å². The topological polar surface area (TPSA) is 27.0 Å². The molecule has 0 spiro atoms. The Morgan fingerprint density at radius 2 is 1.93 bits per heavy atom. The lowest BCUT2D eigenvalue weighted by Crippen LogP contribution is -2.11. The van der Waals surface area contributed by atoms with E-state index in [1.165, 1.54) is 4.90 Å². The molecule has 0 saturated heterocycles. The van der Waals surface area contributed by atoms with Crippen molar-refractivity contribution in [3.05, 3.63) is 29.3 Å². The van der Waals surface area contributed by atoms with Gasteiger partial charge in [0.1, 0.15) is 11.6 Å². The molecule has 1 rings (SSSR count). The molecule has 0 radical (unpaired) electrons. The Morgan fingerprint density at radius 1 is 1.29 bits per heavy atom. The van der Waals surface area contributed by atoms with Gasteiger partial charge in [0.05, 0.1) is 18.2 Å². The lowest BCUT2D eigenvalue weighted by Gasteiger charge is -2.14. The van der Waals surface area contributed by atoms with Gasteiger partial charge in [-0.2, -0.15) is 5.26 Å². The van der Waals surface area contributed by atoms with Gasteiger partial charge in [-0.25, -0.2) is 8.78 Å².